The zero-order chi connectivity index (χ0) is 15.1. The predicted octanol–water partition coefficient (Wildman–Crippen LogP) is 2.17. The van der Waals surface area contributed by atoms with Crippen LogP contribution in [-0.2, 0) is 10.8 Å². The van der Waals surface area contributed by atoms with Crippen molar-refractivity contribution in [1.82, 2.24) is 4.90 Å². The minimum Gasteiger partial charge on any atom is -0.494 e. The summed E-state index contributed by atoms with van der Waals surface area (Å²) in [4.78, 5) is 2.36. The summed E-state index contributed by atoms with van der Waals surface area (Å²) in [7, 11) is 1.55. The molecule has 1 heterocycles. The molecule has 1 aliphatic heterocycles. The number of hydrogen-bond acceptors (Lipinski definition) is 4. The van der Waals surface area contributed by atoms with Crippen molar-refractivity contribution < 1.29 is 8.95 Å². The molecule has 0 aliphatic carbocycles. The largest absolute Gasteiger partial charge is 0.494 e. The summed E-state index contributed by atoms with van der Waals surface area (Å²) in [6, 6.07) is 9.86. The van der Waals surface area contributed by atoms with E-state index in [1.54, 1.807) is 12.1 Å². The van der Waals surface area contributed by atoms with Gasteiger partial charge in [-0.1, -0.05) is 0 Å². The van der Waals surface area contributed by atoms with Crippen LogP contribution in [0.4, 0.5) is 0 Å². The first-order valence-electron chi connectivity index (χ1n) is 7.37. The molecule has 1 aliphatic rings. The van der Waals surface area contributed by atoms with Crippen molar-refractivity contribution >= 4 is 10.8 Å². The monoisotopic (exact) mass is 306 g/mol. The summed E-state index contributed by atoms with van der Waals surface area (Å²) in [6.45, 7) is 1.67. The van der Waals surface area contributed by atoms with Crippen LogP contribution in [0.1, 0.15) is 24.8 Å². The lowest BCUT2D eigenvalue weighted by atomic mass is 10.1. The third-order valence-electron chi connectivity index (χ3n) is 3.89. The molecule has 1 fully saturated rings. The van der Waals surface area contributed by atoms with Gasteiger partial charge in [-0.2, -0.15) is 5.26 Å². The first-order valence-corrected chi connectivity index (χ1v) is 8.86. The maximum Gasteiger partial charge on any atom is 0.119 e. The fraction of sp³-hybridized carbons (Fsp3) is 0.562. The first kappa shape index (κ1) is 16.0. The average Bonchev–Trinajstić information content (AvgIpc) is 2.52. The molecule has 0 bridgehead atoms. The smallest absolute Gasteiger partial charge is 0.119 e. The Morgan fingerprint density at radius 1 is 1.33 bits per heavy atom. The van der Waals surface area contributed by atoms with Gasteiger partial charge in [0.1, 0.15) is 5.75 Å². The van der Waals surface area contributed by atoms with Crippen molar-refractivity contribution in [2.24, 2.45) is 0 Å². The number of nitrogens with zero attached hydrogens (tertiary/aromatic N) is 2. The van der Waals surface area contributed by atoms with Crippen LogP contribution >= 0.6 is 0 Å². The minimum atomic E-state index is -0.587. The van der Waals surface area contributed by atoms with Crippen LogP contribution in [-0.4, -0.2) is 46.9 Å². The van der Waals surface area contributed by atoms with Crippen molar-refractivity contribution in [3.05, 3.63) is 29.8 Å². The van der Waals surface area contributed by atoms with Crippen molar-refractivity contribution in [2.45, 2.75) is 25.3 Å². The van der Waals surface area contributed by atoms with E-state index in [4.69, 9.17) is 10.00 Å². The van der Waals surface area contributed by atoms with Crippen molar-refractivity contribution in [2.75, 3.05) is 31.7 Å². The van der Waals surface area contributed by atoms with Gasteiger partial charge in [0.05, 0.1) is 18.2 Å². The van der Waals surface area contributed by atoms with E-state index in [-0.39, 0.29) is 0 Å². The van der Waals surface area contributed by atoms with Crippen molar-refractivity contribution in [1.29, 1.82) is 5.26 Å². The van der Waals surface area contributed by atoms with E-state index >= 15 is 0 Å². The lowest BCUT2D eigenvalue weighted by Crippen LogP contribution is -2.38. The van der Waals surface area contributed by atoms with E-state index in [0.717, 1.165) is 43.1 Å². The lowest BCUT2D eigenvalue weighted by Gasteiger charge is -2.30. The van der Waals surface area contributed by atoms with E-state index in [2.05, 4.69) is 18.0 Å². The van der Waals surface area contributed by atoms with Crippen LogP contribution < -0.4 is 4.74 Å². The first-order chi connectivity index (χ1) is 10.2. The van der Waals surface area contributed by atoms with Crippen LogP contribution in [0.25, 0.3) is 0 Å². The molecule has 21 heavy (non-hydrogen) atoms. The maximum atomic E-state index is 11.3. The highest BCUT2D eigenvalue weighted by Gasteiger charge is 2.20. The normalized spacial score (nSPS) is 22.0. The van der Waals surface area contributed by atoms with Gasteiger partial charge in [0.15, 0.2) is 0 Å². The fourth-order valence-corrected chi connectivity index (χ4v) is 3.81. The van der Waals surface area contributed by atoms with E-state index in [0.29, 0.717) is 18.2 Å². The topological polar surface area (TPSA) is 53.3 Å². The van der Waals surface area contributed by atoms with E-state index in [9.17, 15) is 4.21 Å². The van der Waals surface area contributed by atoms with Crippen LogP contribution in [0.3, 0.4) is 0 Å². The Morgan fingerprint density at radius 2 is 2.00 bits per heavy atom. The molecule has 4 nitrogen and oxygen atoms in total. The second-order valence-corrected chi connectivity index (χ2v) is 7.09. The van der Waals surface area contributed by atoms with Crippen LogP contribution in [0.5, 0.6) is 5.75 Å². The molecule has 0 radical (unpaired) electrons. The molecule has 0 aromatic heterocycles. The summed E-state index contributed by atoms with van der Waals surface area (Å²) in [5.74, 6) is 2.50. The molecular formula is C16H22N2O2S. The predicted molar refractivity (Wildman–Crippen MR) is 84.8 cm³/mol. The molecule has 2 rings (SSSR count). The zero-order valence-corrected chi connectivity index (χ0v) is 13.3. The summed E-state index contributed by atoms with van der Waals surface area (Å²) >= 11 is 0. The van der Waals surface area contributed by atoms with Gasteiger partial charge in [-0.25, -0.2) is 0 Å². The molecule has 0 amide bonds. The van der Waals surface area contributed by atoms with Crippen LogP contribution in [0.2, 0.25) is 0 Å². The lowest BCUT2D eigenvalue weighted by molar-refractivity contribution is 0.204. The summed E-state index contributed by atoms with van der Waals surface area (Å²) < 4.78 is 17.0. The minimum absolute atomic E-state index is 0.567. The molecule has 1 saturated heterocycles. The second kappa shape index (κ2) is 8.16. The molecule has 0 spiro atoms. The molecule has 0 saturated carbocycles. The maximum absolute atomic E-state index is 11.3. The quantitative estimate of drug-likeness (QED) is 0.756. The standard InChI is InChI=1S/C16H22N2O2S/c1-18(15-7-11-21(19)12-8-15)9-2-10-20-16-5-3-14(13-17)4-6-16/h3-6,15H,2,7-12H2,1H3. The summed E-state index contributed by atoms with van der Waals surface area (Å²) in [5.41, 5.74) is 0.650. The van der Waals surface area contributed by atoms with E-state index < -0.39 is 10.8 Å². The van der Waals surface area contributed by atoms with Gasteiger partial charge in [-0.15, -0.1) is 0 Å². The zero-order valence-electron chi connectivity index (χ0n) is 12.5. The number of benzene rings is 1. The Hall–Kier alpha value is -1.38. The second-order valence-electron chi connectivity index (χ2n) is 5.40. The molecule has 0 atom stereocenters. The summed E-state index contributed by atoms with van der Waals surface area (Å²) in [6.07, 6.45) is 3.05. The van der Waals surface area contributed by atoms with Gasteiger partial charge < -0.3 is 9.64 Å². The van der Waals surface area contributed by atoms with Gasteiger partial charge >= 0.3 is 0 Å². The highest BCUT2D eigenvalue weighted by molar-refractivity contribution is 7.85. The molecular weight excluding hydrogens is 284 g/mol. The third kappa shape index (κ3) is 5.14. The molecule has 5 heteroatoms. The van der Waals surface area contributed by atoms with Gasteiger partial charge in [0.25, 0.3) is 0 Å². The van der Waals surface area contributed by atoms with E-state index in [1.807, 2.05) is 12.1 Å². The SMILES string of the molecule is CN(CCCOc1ccc(C#N)cc1)C1CCS(=O)CC1. The highest BCUT2D eigenvalue weighted by Crippen LogP contribution is 2.15. The molecule has 1 aromatic rings. The van der Waals surface area contributed by atoms with Crippen molar-refractivity contribution in [3.63, 3.8) is 0 Å². The van der Waals surface area contributed by atoms with Crippen molar-refractivity contribution in [3.8, 4) is 11.8 Å². The van der Waals surface area contributed by atoms with Gasteiger partial charge in [-0.05, 0) is 50.6 Å². The van der Waals surface area contributed by atoms with Gasteiger partial charge in [0.2, 0.25) is 0 Å². The number of ether oxygens (including phenoxy) is 1. The fourth-order valence-electron chi connectivity index (χ4n) is 2.53. The molecule has 114 valence electrons. The molecule has 0 N–H and O–H groups in total. The summed E-state index contributed by atoms with van der Waals surface area (Å²) in [5, 5.41) is 8.73. The Bertz CT molecular complexity index is 500. The number of rotatable bonds is 6. The van der Waals surface area contributed by atoms with Crippen LogP contribution in [0.15, 0.2) is 24.3 Å². The average molecular weight is 306 g/mol. The number of hydrogen-bond donors (Lipinski definition) is 0. The Labute approximate surface area is 129 Å². The van der Waals surface area contributed by atoms with E-state index in [1.165, 1.54) is 0 Å². The molecule has 1 aromatic carbocycles. The Kier molecular flexibility index (Phi) is 6.21. The highest BCUT2D eigenvalue weighted by atomic mass is 32.2. The Balaban J connectivity index is 1.64. The van der Waals surface area contributed by atoms with Gasteiger partial charge in [-0.3, -0.25) is 4.21 Å². The van der Waals surface area contributed by atoms with Crippen LogP contribution in [0, 0.1) is 11.3 Å². The Morgan fingerprint density at radius 3 is 2.62 bits per heavy atom. The molecule has 0 unspecified atom stereocenters. The number of nitriles is 1. The third-order valence-corrected chi connectivity index (χ3v) is 5.27. The van der Waals surface area contributed by atoms with Gasteiger partial charge in [0, 0.05) is 34.9 Å².